The van der Waals surface area contributed by atoms with Gasteiger partial charge in [-0.05, 0) is 49.2 Å². The third-order valence-electron chi connectivity index (χ3n) is 2.36. The van der Waals surface area contributed by atoms with Crippen molar-refractivity contribution in [2.75, 3.05) is 0 Å². The minimum absolute atomic E-state index is 0.876. The Kier molecular flexibility index (Phi) is 3.49. The van der Waals surface area contributed by atoms with E-state index >= 15 is 0 Å². The van der Waals surface area contributed by atoms with Crippen LogP contribution in [0.1, 0.15) is 11.1 Å². The van der Waals surface area contributed by atoms with Crippen molar-refractivity contribution in [3.63, 3.8) is 0 Å². The predicted octanol–water partition coefficient (Wildman–Crippen LogP) is 4.44. The molecule has 0 saturated heterocycles. The smallest absolute Gasteiger partial charge is 0.100 e. The summed E-state index contributed by atoms with van der Waals surface area (Å²) in [4.78, 5) is 8.35. The number of rotatable bonds is 2. The molecular formula is C15H14N2. The summed E-state index contributed by atoms with van der Waals surface area (Å²) in [6.07, 6.45) is 0. The second-order valence-electron chi connectivity index (χ2n) is 4.00. The molecule has 0 heterocycles. The number of hydrogen-bond donors (Lipinski definition) is 0. The van der Waals surface area contributed by atoms with Crippen LogP contribution in [0.15, 0.2) is 58.5 Å². The van der Waals surface area contributed by atoms with Crippen molar-refractivity contribution in [3.8, 4) is 0 Å². The van der Waals surface area contributed by atoms with Crippen molar-refractivity contribution in [1.82, 2.24) is 0 Å². The van der Waals surface area contributed by atoms with Crippen LogP contribution in [0.2, 0.25) is 0 Å². The third kappa shape index (κ3) is 3.40. The zero-order valence-electron chi connectivity index (χ0n) is 10.0. The topological polar surface area (TPSA) is 24.7 Å². The monoisotopic (exact) mass is 222 g/mol. The first kappa shape index (κ1) is 11.3. The molecule has 0 atom stereocenters. The maximum atomic E-state index is 4.18. The van der Waals surface area contributed by atoms with Crippen LogP contribution in [0.5, 0.6) is 0 Å². The number of aliphatic imine (C=N–C) groups is 2. The lowest BCUT2D eigenvalue weighted by Crippen LogP contribution is -1.70. The molecule has 84 valence electrons. The van der Waals surface area contributed by atoms with Crippen molar-refractivity contribution < 1.29 is 0 Å². The fourth-order valence-electron chi connectivity index (χ4n) is 1.54. The average Bonchev–Trinajstić information content (AvgIpc) is 2.29. The molecule has 2 heteroatoms. The Labute approximate surface area is 101 Å². The second-order valence-corrected chi connectivity index (χ2v) is 4.00. The number of benzene rings is 2. The highest BCUT2D eigenvalue weighted by molar-refractivity contribution is 5.58. The van der Waals surface area contributed by atoms with E-state index in [1.54, 1.807) is 0 Å². The maximum Gasteiger partial charge on any atom is 0.100 e. The zero-order chi connectivity index (χ0) is 12.1. The molecule has 0 aromatic heterocycles. The molecule has 0 fully saturated rings. The third-order valence-corrected chi connectivity index (χ3v) is 2.36. The number of aryl methyl sites for hydroxylation is 2. The summed E-state index contributed by atoms with van der Waals surface area (Å²) < 4.78 is 0. The van der Waals surface area contributed by atoms with Crippen LogP contribution in [0, 0.1) is 13.8 Å². The molecule has 0 aliphatic rings. The molecular weight excluding hydrogens is 208 g/mol. The Hall–Kier alpha value is -2.18. The summed E-state index contributed by atoms with van der Waals surface area (Å²) >= 11 is 0. The first-order valence-electron chi connectivity index (χ1n) is 5.54. The molecule has 17 heavy (non-hydrogen) atoms. The highest BCUT2D eigenvalue weighted by Crippen LogP contribution is 2.14. The molecule has 0 saturated carbocycles. The fourth-order valence-corrected chi connectivity index (χ4v) is 1.54. The minimum Gasteiger partial charge on any atom is -0.188 e. The minimum atomic E-state index is 0.876. The van der Waals surface area contributed by atoms with E-state index in [9.17, 15) is 0 Å². The van der Waals surface area contributed by atoms with Crippen molar-refractivity contribution in [1.29, 1.82) is 0 Å². The van der Waals surface area contributed by atoms with Crippen LogP contribution in [0.25, 0.3) is 0 Å². The van der Waals surface area contributed by atoms with Gasteiger partial charge < -0.3 is 0 Å². The van der Waals surface area contributed by atoms with Gasteiger partial charge in [-0.25, -0.2) is 0 Å². The van der Waals surface area contributed by atoms with Crippen LogP contribution in [0.3, 0.4) is 0 Å². The Morgan fingerprint density at radius 3 is 1.65 bits per heavy atom. The van der Waals surface area contributed by atoms with Gasteiger partial charge in [-0.15, -0.1) is 0 Å². The fraction of sp³-hybridized carbons (Fsp3) is 0.133. The maximum absolute atomic E-state index is 4.18. The van der Waals surface area contributed by atoms with Gasteiger partial charge in [0, 0.05) is 0 Å². The van der Waals surface area contributed by atoms with E-state index < -0.39 is 0 Å². The van der Waals surface area contributed by atoms with E-state index in [0.717, 1.165) is 11.4 Å². The molecule has 0 aliphatic carbocycles. The first-order chi connectivity index (χ1) is 8.24. The van der Waals surface area contributed by atoms with E-state index in [0.29, 0.717) is 0 Å². The van der Waals surface area contributed by atoms with Gasteiger partial charge in [0.15, 0.2) is 0 Å². The van der Waals surface area contributed by atoms with Gasteiger partial charge in [0.05, 0.1) is 11.4 Å². The van der Waals surface area contributed by atoms with Crippen LogP contribution >= 0.6 is 0 Å². The average molecular weight is 222 g/mol. The molecule has 2 rings (SSSR count). The molecule has 0 amide bonds. The molecule has 0 aliphatic heterocycles. The largest absolute Gasteiger partial charge is 0.188 e. The van der Waals surface area contributed by atoms with Gasteiger partial charge in [-0.3, -0.25) is 0 Å². The first-order valence-corrected chi connectivity index (χ1v) is 5.54. The molecule has 2 nitrogen and oxygen atoms in total. The van der Waals surface area contributed by atoms with Crippen molar-refractivity contribution in [2.45, 2.75) is 13.8 Å². The van der Waals surface area contributed by atoms with Crippen LogP contribution in [0.4, 0.5) is 11.4 Å². The van der Waals surface area contributed by atoms with Crippen molar-refractivity contribution >= 4 is 17.4 Å². The highest BCUT2D eigenvalue weighted by Gasteiger charge is 1.88. The molecule has 0 unspecified atom stereocenters. The molecule has 2 aromatic carbocycles. The molecule has 0 N–H and O–H groups in total. The number of nitrogens with zero attached hydrogens (tertiary/aromatic N) is 2. The highest BCUT2D eigenvalue weighted by atomic mass is 14.8. The van der Waals surface area contributed by atoms with E-state index in [-0.39, 0.29) is 0 Å². The van der Waals surface area contributed by atoms with Crippen LogP contribution < -0.4 is 0 Å². The van der Waals surface area contributed by atoms with Crippen molar-refractivity contribution in [2.24, 2.45) is 9.98 Å². The lowest BCUT2D eigenvalue weighted by Gasteiger charge is -1.93. The SMILES string of the molecule is Cc1cccc(N=C=Nc2cccc(C)c2)c1. The van der Waals surface area contributed by atoms with Gasteiger partial charge in [-0.2, -0.15) is 9.98 Å². The molecule has 0 spiro atoms. The quantitative estimate of drug-likeness (QED) is 0.671. The van der Waals surface area contributed by atoms with E-state index in [2.05, 4.69) is 16.0 Å². The van der Waals surface area contributed by atoms with Gasteiger partial charge >= 0.3 is 0 Å². The summed E-state index contributed by atoms with van der Waals surface area (Å²) in [5, 5.41) is 0. The molecule has 0 bridgehead atoms. The molecule has 0 radical (unpaired) electrons. The van der Waals surface area contributed by atoms with Crippen molar-refractivity contribution in [3.05, 3.63) is 59.7 Å². The lowest BCUT2D eigenvalue weighted by molar-refractivity contribution is 1.41. The Morgan fingerprint density at radius 2 is 1.24 bits per heavy atom. The van der Waals surface area contributed by atoms with Crippen LogP contribution in [-0.4, -0.2) is 6.01 Å². The van der Waals surface area contributed by atoms with E-state index in [1.165, 1.54) is 11.1 Å². The van der Waals surface area contributed by atoms with Gasteiger partial charge in [0.1, 0.15) is 6.01 Å². The summed E-state index contributed by atoms with van der Waals surface area (Å²) in [5.41, 5.74) is 4.12. The normalized spacial score (nSPS) is 9.53. The second kappa shape index (κ2) is 5.24. The zero-order valence-corrected chi connectivity index (χ0v) is 10.0. The lowest BCUT2D eigenvalue weighted by atomic mass is 10.2. The van der Waals surface area contributed by atoms with E-state index in [1.807, 2.05) is 62.4 Å². The summed E-state index contributed by atoms with van der Waals surface area (Å²) in [6.45, 7) is 4.08. The Balaban J connectivity index is 2.21. The summed E-state index contributed by atoms with van der Waals surface area (Å²) in [6, 6.07) is 18.6. The summed E-state index contributed by atoms with van der Waals surface area (Å²) in [7, 11) is 0. The molecule has 2 aromatic rings. The standard InChI is InChI=1S/C15H14N2/c1-12-5-3-7-14(9-12)16-11-17-15-8-4-6-13(2)10-15/h3-10H,1-2H3. The Morgan fingerprint density at radius 1 is 0.765 bits per heavy atom. The van der Waals surface area contributed by atoms with Gasteiger partial charge in [-0.1, -0.05) is 24.3 Å². The predicted molar refractivity (Wildman–Crippen MR) is 71.5 cm³/mol. The number of hydrogen-bond acceptors (Lipinski definition) is 2. The van der Waals surface area contributed by atoms with E-state index in [4.69, 9.17) is 0 Å². The van der Waals surface area contributed by atoms with Gasteiger partial charge in [0.25, 0.3) is 0 Å². The van der Waals surface area contributed by atoms with Crippen LogP contribution in [-0.2, 0) is 0 Å². The Bertz CT molecular complexity index is 529. The van der Waals surface area contributed by atoms with Gasteiger partial charge in [0.2, 0.25) is 0 Å². The summed E-state index contributed by atoms with van der Waals surface area (Å²) in [5.74, 6) is 0.